The van der Waals surface area contributed by atoms with Gasteiger partial charge < -0.3 is 14.6 Å². The van der Waals surface area contributed by atoms with Crippen LogP contribution >= 0.6 is 11.8 Å². The summed E-state index contributed by atoms with van der Waals surface area (Å²) >= 11 is 1.27. The predicted molar refractivity (Wildman–Crippen MR) is 123 cm³/mol. The molecule has 1 amide bonds. The Morgan fingerprint density at radius 2 is 2.03 bits per heavy atom. The normalized spacial score (nSPS) is 10.6. The second-order valence-electron chi connectivity index (χ2n) is 6.92. The molecular weight excluding hydrogens is 430 g/mol. The van der Waals surface area contributed by atoms with Crippen molar-refractivity contribution in [2.75, 3.05) is 18.2 Å². The van der Waals surface area contributed by atoms with Gasteiger partial charge in [-0.3, -0.25) is 14.9 Å². The summed E-state index contributed by atoms with van der Waals surface area (Å²) in [6, 6.07) is 12.0. The van der Waals surface area contributed by atoms with E-state index in [1.165, 1.54) is 30.0 Å². The van der Waals surface area contributed by atoms with Gasteiger partial charge in [0.15, 0.2) is 5.16 Å². The highest BCUT2D eigenvalue weighted by atomic mass is 32.2. The molecule has 0 spiro atoms. The van der Waals surface area contributed by atoms with Gasteiger partial charge in [0.2, 0.25) is 5.91 Å². The molecule has 32 heavy (non-hydrogen) atoms. The van der Waals surface area contributed by atoms with Gasteiger partial charge in [0.1, 0.15) is 11.6 Å². The fourth-order valence-electron chi connectivity index (χ4n) is 3.01. The molecule has 1 aromatic heterocycles. The summed E-state index contributed by atoms with van der Waals surface area (Å²) in [6.07, 6.45) is 2.34. The molecular formula is C22H23N5O4S. The molecule has 0 saturated carbocycles. The largest absolute Gasteiger partial charge is 0.497 e. The van der Waals surface area contributed by atoms with E-state index in [4.69, 9.17) is 4.74 Å². The number of thioether (sulfide) groups is 1. The second kappa shape index (κ2) is 10.6. The number of amides is 1. The van der Waals surface area contributed by atoms with Gasteiger partial charge in [0, 0.05) is 30.8 Å². The molecule has 1 heterocycles. The highest BCUT2D eigenvalue weighted by Crippen LogP contribution is 2.23. The number of allylic oxidation sites excluding steroid dienone is 1. The van der Waals surface area contributed by atoms with Crippen LogP contribution in [-0.2, 0) is 17.8 Å². The standard InChI is InChI=1S/C22H23N5O4S/c1-4-11-26-20(13-16-5-8-18(31-3)9-6-16)24-25-22(26)32-14-21(28)23-19-10-7-17(27(29)30)12-15(19)2/h4-10,12H,1,11,13-14H2,2-3H3,(H,23,28). The minimum absolute atomic E-state index is 0.0169. The number of nitrogens with zero attached hydrogens (tertiary/aromatic N) is 4. The number of rotatable bonds is 10. The number of hydrogen-bond acceptors (Lipinski definition) is 7. The molecule has 0 bridgehead atoms. The summed E-state index contributed by atoms with van der Waals surface area (Å²) in [7, 11) is 1.62. The zero-order valence-corrected chi connectivity index (χ0v) is 18.6. The van der Waals surface area contributed by atoms with E-state index in [0.29, 0.717) is 29.4 Å². The lowest BCUT2D eigenvalue weighted by Crippen LogP contribution is -2.15. The molecule has 1 N–H and O–H groups in total. The van der Waals surface area contributed by atoms with Crippen LogP contribution in [0.15, 0.2) is 60.3 Å². The Labute approximate surface area is 189 Å². The van der Waals surface area contributed by atoms with Gasteiger partial charge in [-0.15, -0.1) is 16.8 Å². The Bertz CT molecular complexity index is 1130. The topological polar surface area (TPSA) is 112 Å². The number of anilines is 1. The fourth-order valence-corrected chi connectivity index (χ4v) is 3.78. The zero-order valence-electron chi connectivity index (χ0n) is 17.8. The van der Waals surface area contributed by atoms with Crippen LogP contribution in [0, 0.1) is 17.0 Å². The number of nitro benzene ring substituents is 1. The molecule has 0 unspecified atom stereocenters. The van der Waals surface area contributed by atoms with Gasteiger partial charge in [-0.2, -0.15) is 0 Å². The lowest BCUT2D eigenvalue weighted by molar-refractivity contribution is -0.384. The SMILES string of the molecule is C=CCn1c(Cc2ccc(OC)cc2)nnc1SCC(=O)Nc1ccc([N+](=O)[O-])cc1C. The third-order valence-corrected chi connectivity index (χ3v) is 5.62. The van der Waals surface area contributed by atoms with Crippen molar-refractivity contribution >= 4 is 29.0 Å². The first kappa shape index (κ1) is 23.0. The number of carbonyl (C=O) groups is 1. The Kier molecular flexibility index (Phi) is 7.61. The van der Waals surface area contributed by atoms with E-state index in [1.807, 2.05) is 28.8 Å². The minimum atomic E-state index is -0.468. The number of carbonyl (C=O) groups excluding carboxylic acids is 1. The van der Waals surface area contributed by atoms with Gasteiger partial charge in [-0.1, -0.05) is 30.0 Å². The van der Waals surface area contributed by atoms with E-state index in [9.17, 15) is 14.9 Å². The molecule has 0 saturated heterocycles. The summed E-state index contributed by atoms with van der Waals surface area (Å²) in [6.45, 7) is 6.03. The molecule has 10 heteroatoms. The molecule has 0 radical (unpaired) electrons. The molecule has 2 aromatic carbocycles. The van der Waals surface area contributed by atoms with Gasteiger partial charge in [-0.25, -0.2) is 0 Å². The molecule has 0 aliphatic carbocycles. The first-order chi connectivity index (χ1) is 15.4. The average Bonchev–Trinajstić information content (AvgIpc) is 3.15. The molecule has 0 aliphatic heterocycles. The lowest BCUT2D eigenvalue weighted by Gasteiger charge is -2.10. The van der Waals surface area contributed by atoms with Crippen molar-refractivity contribution in [3.63, 3.8) is 0 Å². The zero-order chi connectivity index (χ0) is 23.1. The maximum Gasteiger partial charge on any atom is 0.269 e. The predicted octanol–water partition coefficient (Wildman–Crippen LogP) is 4.01. The van der Waals surface area contributed by atoms with Crippen molar-refractivity contribution in [3.8, 4) is 5.75 Å². The number of aryl methyl sites for hydroxylation is 1. The maximum atomic E-state index is 12.4. The Hall–Kier alpha value is -3.66. The van der Waals surface area contributed by atoms with Gasteiger partial charge in [0.25, 0.3) is 5.69 Å². The van der Waals surface area contributed by atoms with Crippen molar-refractivity contribution in [1.82, 2.24) is 14.8 Å². The van der Waals surface area contributed by atoms with Crippen molar-refractivity contribution in [3.05, 3.63) is 82.2 Å². The van der Waals surface area contributed by atoms with Crippen LogP contribution in [0.3, 0.4) is 0 Å². The smallest absolute Gasteiger partial charge is 0.269 e. The van der Waals surface area contributed by atoms with E-state index in [0.717, 1.165) is 17.1 Å². The Morgan fingerprint density at radius 1 is 1.28 bits per heavy atom. The molecule has 3 aromatic rings. The number of methoxy groups -OCH3 is 1. The number of nitro groups is 1. The van der Waals surface area contributed by atoms with E-state index >= 15 is 0 Å². The lowest BCUT2D eigenvalue weighted by atomic mass is 10.1. The van der Waals surface area contributed by atoms with Gasteiger partial charge >= 0.3 is 0 Å². The quantitative estimate of drug-likeness (QED) is 0.214. The number of benzene rings is 2. The van der Waals surface area contributed by atoms with Crippen LogP contribution in [0.25, 0.3) is 0 Å². The van der Waals surface area contributed by atoms with Crippen LogP contribution in [0.2, 0.25) is 0 Å². The molecule has 3 rings (SSSR count). The minimum Gasteiger partial charge on any atom is -0.497 e. The molecule has 0 aliphatic rings. The summed E-state index contributed by atoms with van der Waals surface area (Å²) in [5.74, 6) is 1.43. The highest BCUT2D eigenvalue weighted by molar-refractivity contribution is 7.99. The van der Waals surface area contributed by atoms with Crippen molar-refractivity contribution < 1.29 is 14.5 Å². The van der Waals surface area contributed by atoms with Crippen LogP contribution in [-0.4, -0.2) is 38.5 Å². The first-order valence-corrected chi connectivity index (χ1v) is 10.7. The van der Waals surface area contributed by atoms with Crippen molar-refractivity contribution in [1.29, 1.82) is 0 Å². The molecule has 0 atom stereocenters. The Morgan fingerprint density at radius 3 is 2.66 bits per heavy atom. The number of ether oxygens (including phenoxy) is 1. The third-order valence-electron chi connectivity index (χ3n) is 4.65. The molecule has 9 nitrogen and oxygen atoms in total. The van der Waals surface area contributed by atoms with Crippen molar-refractivity contribution in [2.45, 2.75) is 25.0 Å². The second-order valence-corrected chi connectivity index (χ2v) is 7.86. The number of nitrogens with one attached hydrogen (secondary N) is 1. The van der Waals surface area contributed by atoms with Crippen LogP contribution in [0.5, 0.6) is 5.75 Å². The van der Waals surface area contributed by atoms with E-state index in [1.54, 1.807) is 20.1 Å². The molecule has 166 valence electrons. The summed E-state index contributed by atoms with van der Waals surface area (Å²) in [5, 5.41) is 22.8. The number of non-ortho nitro benzene ring substituents is 1. The first-order valence-electron chi connectivity index (χ1n) is 9.75. The number of hydrogen-bond donors (Lipinski definition) is 1. The Balaban J connectivity index is 1.65. The van der Waals surface area contributed by atoms with E-state index in [-0.39, 0.29) is 17.3 Å². The monoisotopic (exact) mass is 453 g/mol. The fraction of sp³-hybridized carbons (Fsp3) is 0.227. The van der Waals surface area contributed by atoms with Crippen LogP contribution in [0.4, 0.5) is 11.4 Å². The highest BCUT2D eigenvalue weighted by Gasteiger charge is 2.15. The third kappa shape index (κ3) is 5.73. The van der Waals surface area contributed by atoms with E-state index < -0.39 is 4.92 Å². The van der Waals surface area contributed by atoms with Gasteiger partial charge in [0.05, 0.1) is 17.8 Å². The van der Waals surface area contributed by atoms with E-state index in [2.05, 4.69) is 22.1 Å². The molecule has 0 fully saturated rings. The van der Waals surface area contributed by atoms with Gasteiger partial charge in [-0.05, 0) is 36.2 Å². The maximum absolute atomic E-state index is 12.4. The van der Waals surface area contributed by atoms with Crippen molar-refractivity contribution in [2.24, 2.45) is 0 Å². The van der Waals surface area contributed by atoms with Crippen LogP contribution < -0.4 is 10.1 Å². The van der Waals surface area contributed by atoms with Crippen LogP contribution in [0.1, 0.15) is 17.0 Å². The number of aromatic nitrogens is 3. The average molecular weight is 454 g/mol. The summed E-state index contributed by atoms with van der Waals surface area (Å²) in [4.78, 5) is 22.8. The summed E-state index contributed by atoms with van der Waals surface area (Å²) < 4.78 is 7.11. The summed E-state index contributed by atoms with van der Waals surface area (Å²) in [5.41, 5.74) is 2.20.